The maximum atomic E-state index is 11.5. The van der Waals surface area contributed by atoms with Gasteiger partial charge in [0.15, 0.2) is 0 Å². The average Bonchev–Trinajstić information content (AvgIpc) is 2.29. The Morgan fingerprint density at radius 3 is 2.88 bits per heavy atom. The number of carbonyl (C=O) groups excluding carboxylic acids is 1. The van der Waals surface area contributed by atoms with Crippen molar-refractivity contribution in [3.05, 3.63) is 34.9 Å². The molecule has 1 aromatic carbocycles. The Labute approximate surface area is 108 Å². The van der Waals surface area contributed by atoms with Crippen LogP contribution < -0.4 is 10.6 Å². The maximum absolute atomic E-state index is 11.5. The van der Waals surface area contributed by atoms with Crippen LogP contribution in [0.15, 0.2) is 24.3 Å². The predicted octanol–water partition coefficient (Wildman–Crippen LogP) is 3.50. The van der Waals surface area contributed by atoms with E-state index in [1.54, 1.807) is 0 Å². The fourth-order valence-corrected chi connectivity index (χ4v) is 1.68. The van der Waals surface area contributed by atoms with Gasteiger partial charge >= 0.3 is 6.03 Å². The summed E-state index contributed by atoms with van der Waals surface area (Å²) in [5, 5.41) is 6.37. The first-order valence-corrected chi connectivity index (χ1v) is 6.31. The highest BCUT2D eigenvalue weighted by molar-refractivity contribution is 6.30. The minimum absolute atomic E-state index is 0.0460. The third kappa shape index (κ3) is 5.09. The van der Waals surface area contributed by atoms with Gasteiger partial charge in [-0.15, -0.1) is 0 Å². The van der Waals surface area contributed by atoms with E-state index in [0.29, 0.717) is 11.6 Å². The van der Waals surface area contributed by atoms with Crippen molar-refractivity contribution in [2.75, 3.05) is 6.54 Å². The van der Waals surface area contributed by atoms with Crippen molar-refractivity contribution >= 4 is 17.6 Å². The number of unbranched alkanes of at least 4 members (excludes halogenated alkanes) is 1. The van der Waals surface area contributed by atoms with E-state index in [-0.39, 0.29) is 12.1 Å². The number of hydrogen-bond donors (Lipinski definition) is 2. The van der Waals surface area contributed by atoms with Gasteiger partial charge in [0, 0.05) is 11.6 Å². The zero-order valence-corrected chi connectivity index (χ0v) is 11.1. The van der Waals surface area contributed by atoms with Crippen molar-refractivity contribution in [1.82, 2.24) is 10.6 Å². The van der Waals surface area contributed by atoms with Gasteiger partial charge in [0.1, 0.15) is 0 Å². The van der Waals surface area contributed by atoms with Crippen molar-refractivity contribution in [2.45, 2.75) is 32.7 Å². The smallest absolute Gasteiger partial charge is 0.315 e. The largest absolute Gasteiger partial charge is 0.338 e. The molecule has 0 saturated heterocycles. The summed E-state index contributed by atoms with van der Waals surface area (Å²) in [7, 11) is 0. The molecule has 2 N–H and O–H groups in total. The lowest BCUT2D eigenvalue weighted by Crippen LogP contribution is -2.37. The lowest BCUT2D eigenvalue weighted by Gasteiger charge is -2.15. The van der Waals surface area contributed by atoms with Crippen molar-refractivity contribution in [1.29, 1.82) is 0 Å². The maximum Gasteiger partial charge on any atom is 0.315 e. The predicted molar refractivity (Wildman–Crippen MR) is 71.3 cm³/mol. The molecule has 0 heterocycles. The topological polar surface area (TPSA) is 41.1 Å². The number of nitrogens with one attached hydrogen (secondary N) is 2. The monoisotopic (exact) mass is 254 g/mol. The van der Waals surface area contributed by atoms with E-state index >= 15 is 0 Å². The van der Waals surface area contributed by atoms with Crippen molar-refractivity contribution < 1.29 is 4.79 Å². The molecule has 0 fully saturated rings. The van der Waals surface area contributed by atoms with Crippen LogP contribution in [-0.2, 0) is 0 Å². The van der Waals surface area contributed by atoms with Gasteiger partial charge in [-0.2, -0.15) is 0 Å². The molecule has 0 spiro atoms. The van der Waals surface area contributed by atoms with Crippen LogP contribution in [-0.4, -0.2) is 12.6 Å². The molecular formula is C13H19ClN2O. The fourth-order valence-electron chi connectivity index (χ4n) is 1.49. The average molecular weight is 255 g/mol. The van der Waals surface area contributed by atoms with E-state index in [4.69, 9.17) is 11.6 Å². The minimum atomic E-state index is -0.133. The lowest BCUT2D eigenvalue weighted by molar-refractivity contribution is 0.238. The second-order valence-electron chi connectivity index (χ2n) is 4.03. The molecule has 0 aliphatic heterocycles. The van der Waals surface area contributed by atoms with Crippen LogP contribution in [0.4, 0.5) is 4.79 Å². The van der Waals surface area contributed by atoms with E-state index in [9.17, 15) is 4.79 Å². The molecule has 0 bridgehead atoms. The minimum Gasteiger partial charge on any atom is -0.338 e. The van der Waals surface area contributed by atoms with E-state index in [2.05, 4.69) is 17.6 Å². The molecule has 0 radical (unpaired) electrons. The zero-order valence-electron chi connectivity index (χ0n) is 10.3. The van der Waals surface area contributed by atoms with E-state index < -0.39 is 0 Å². The van der Waals surface area contributed by atoms with Crippen LogP contribution in [0.1, 0.15) is 38.3 Å². The third-order valence-corrected chi connectivity index (χ3v) is 2.75. The van der Waals surface area contributed by atoms with Crippen LogP contribution >= 0.6 is 11.6 Å². The number of carbonyl (C=O) groups is 1. The Balaban J connectivity index is 2.43. The highest BCUT2D eigenvalue weighted by Gasteiger charge is 2.08. The summed E-state index contributed by atoms with van der Waals surface area (Å²) in [6, 6.07) is 7.33. The van der Waals surface area contributed by atoms with Gasteiger partial charge in [-0.25, -0.2) is 4.79 Å². The van der Waals surface area contributed by atoms with Crippen molar-refractivity contribution in [3.8, 4) is 0 Å². The van der Waals surface area contributed by atoms with Gasteiger partial charge < -0.3 is 10.6 Å². The summed E-state index contributed by atoms with van der Waals surface area (Å²) >= 11 is 5.90. The van der Waals surface area contributed by atoms with Crippen molar-refractivity contribution in [3.63, 3.8) is 0 Å². The molecule has 2 amide bonds. The summed E-state index contributed by atoms with van der Waals surface area (Å²) in [4.78, 5) is 11.5. The van der Waals surface area contributed by atoms with Crippen LogP contribution in [0, 0.1) is 0 Å². The van der Waals surface area contributed by atoms with Crippen LogP contribution in [0.25, 0.3) is 0 Å². The highest BCUT2D eigenvalue weighted by atomic mass is 35.5. The molecule has 1 unspecified atom stereocenters. The molecule has 17 heavy (non-hydrogen) atoms. The first-order chi connectivity index (χ1) is 8.13. The molecule has 1 rings (SSSR count). The molecule has 0 aliphatic rings. The first kappa shape index (κ1) is 13.8. The molecule has 94 valence electrons. The molecule has 0 saturated carbocycles. The third-order valence-electron chi connectivity index (χ3n) is 2.51. The molecule has 4 heteroatoms. The molecule has 0 aromatic heterocycles. The normalized spacial score (nSPS) is 11.9. The number of halogens is 1. The number of benzene rings is 1. The van der Waals surface area contributed by atoms with Crippen LogP contribution in [0.3, 0.4) is 0 Å². The van der Waals surface area contributed by atoms with Gasteiger partial charge in [0.05, 0.1) is 6.04 Å². The Morgan fingerprint density at radius 1 is 1.47 bits per heavy atom. The summed E-state index contributed by atoms with van der Waals surface area (Å²) in [6.45, 7) is 4.74. The van der Waals surface area contributed by atoms with E-state index in [1.807, 2.05) is 31.2 Å². The first-order valence-electron chi connectivity index (χ1n) is 5.93. The molecule has 1 aromatic rings. The standard InChI is InChI=1S/C13H19ClN2O/c1-3-4-8-15-13(17)16-10(2)11-6-5-7-12(14)9-11/h5-7,9-10H,3-4,8H2,1-2H3,(H2,15,16,17). The van der Waals surface area contributed by atoms with Crippen LogP contribution in [0.2, 0.25) is 5.02 Å². The number of urea groups is 1. The fraction of sp³-hybridized carbons (Fsp3) is 0.462. The van der Waals surface area contributed by atoms with Gasteiger partial charge in [-0.3, -0.25) is 0 Å². The molecule has 0 aliphatic carbocycles. The van der Waals surface area contributed by atoms with Gasteiger partial charge in [0.25, 0.3) is 0 Å². The number of amides is 2. The zero-order chi connectivity index (χ0) is 12.7. The number of hydrogen-bond acceptors (Lipinski definition) is 1. The van der Waals surface area contributed by atoms with Gasteiger partial charge in [-0.1, -0.05) is 37.1 Å². The second kappa shape index (κ2) is 7.17. The SMILES string of the molecule is CCCCNC(=O)NC(C)c1cccc(Cl)c1. The molecule has 3 nitrogen and oxygen atoms in total. The molecular weight excluding hydrogens is 236 g/mol. The van der Waals surface area contributed by atoms with Crippen molar-refractivity contribution in [2.24, 2.45) is 0 Å². The van der Waals surface area contributed by atoms with Gasteiger partial charge in [-0.05, 0) is 31.0 Å². The summed E-state index contributed by atoms with van der Waals surface area (Å²) in [5.41, 5.74) is 1.00. The Bertz CT molecular complexity index is 368. The van der Waals surface area contributed by atoms with Crippen LogP contribution in [0.5, 0.6) is 0 Å². The molecule has 1 atom stereocenters. The second-order valence-corrected chi connectivity index (χ2v) is 4.47. The summed E-state index contributed by atoms with van der Waals surface area (Å²) < 4.78 is 0. The Kier molecular flexibility index (Phi) is 5.84. The van der Waals surface area contributed by atoms with E-state index in [1.165, 1.54) is 0 Å². The summed E-state index contributed by atoms with van der Waals surface area (Å²) in [5.74, 6) is 0. The Morgan fingerprint density at radius 2 is 2.24 bits per heavy atom. The number of rotatable bonds is 5. The summed E-state index contributed by atoms with van der Waals surface area (Å²) in [6.07, 6.45) is 2.07. The Hall–Kier alpha value is -1.22. The van der Waals surface area contributed by atoms with Gasteiger partial charge in [0.2, 0.25) is 0 Å². The quantitative estimate of drug-likeness (QED) is 0.776. The lowest BCUT2D eigenvalue weighted by atomic mass is 10.1. The van der Waals surface area contributed by atoms with E-state index in [0.717, 1.165) is 18.4 Å². The highest BCUT2D eigenvalue weighted by Crippen LogP contribution is 2.16.